The second-order valence-corrected chi connectivity index (χ2v) is 3.03. The van der Waals surface area contributed by atoms with E-state index in [2.05, 4.69) is 0 Å². The molecular weight excluding hydrogens is 185 g/mol. The van der Waals surface area contributed by atoms with Gasteiger partial charge < -0.3 is 4.57 Å². The summed E-state index contributed by atoms with van der Waals surface area (Å²) in [7, 11) is 1.71. The smallest absolute Gasteiger partial charge is 0.162 e. The number of Topliss-reactive ketones (excluding diaryl/α,β-unsaturated/α-hetero) is 1. The van der Waals surface area contributed by atoms with E-state index in [0.717, 1.165) is 0 Å². The minimum atomic E-state index is -0.0718. The Labute approximate surface area is 74.7 Å². The van der Waals surface area contributed by atoms with Gasteiger partial charge in [0, 0.05) is 7.05 Å². The maximum atomic E-state index is 10.9. The highest BCUT2D eigenvalue weighted by atomic mass is 35.5. The number of nitrogens with zero attached hydrogens (tertiary/aromatic N) is 1. The zero-order chi connectivity index (χ0) is 8.59. The second kappa shape index (κ2) is 2.88. The van der Waals surface area contributed by atoms with Gasteiger partial charge in [-0.2, -0.15) is 0 Å². The van der Waals surface area contributed by atoms with E-state index in [1.165, 1.54) is 6.92 Å². The lowest BCUT2D eigenvalue weighted by Gasteiger charge is -1.94. The predicted molar refractivity (Wildman–Crippen MR) is 45.4 cm³/mol. The quantitative estimate of drug-likeness (QED) is 0.626. The van der Waals surface area contributed by atoms with Crippen LogP contribution in [0.2, 0.25) is 10.3 Å². The minimum Gasteiger partial charge on any atom is -0.325 e. The van der Waals surface area contributed by atoms with Gasteiger partial charge in [0.1, 0.15) is 10.3 Å². The highest BCUT2D eigenvalue weighted by Crippen LogP contribution is 2.23. The van der Waals surface area contributed by atoms with Crippen LogP contribution in [-0.2, 0) is 7.05 Å². The molecule has 0 aliphatic heterocycles. The van der Waals surface area contributed by atoms with Crippen LogP contribution in [0.3, 0.4) is 0 Å². The zero-order valence-electron chi connectivity index (χ0n) is 6.19. The molecule has 0 atom stereocenters. The van der Waals surface area contributed by atoms with E-state index in [1.54, 1.807) is 17.7 Å². The molecule has 2 nitrogen and oxygen atoms in total. The number of aromatic nitrogens is 1. The van der Waals surface area contributed by atoms with Crippen LogP contribution < -0.4 is 0 Å². The van der Waals surface area contributed by atoms with Crippen LogP contribution in [0.1, 0.15) is 17.3 Å². The topological polar surface area (TPSA) is 22.0 Å². The molecule has 0 saturated heterocycles. The number of rotatable bonds is 1. The SMILES string of the molecule is CC(=O)c1cc(Cl)n(C)c1Cl. The zero-order valence-corrected chi connectivity index (χ0v) is 7.70. The second-order valence-electron chi connectivity index (χ2n) is 2.29. The molecule has 0 unspecified atom stereocenters. The van der Waals surface area contributed by atoms with Crippen LogP contribution in [0.25, 0.3) is 0 Å². The molecule has 11 heavy (non-hydrogen) atoms. The molecule has 0 amide bonds. The van der Waals surface area contributed by atoms with Crippen LogP contribution >= 0.6 is 23.2 Å². The van der Waals surface area contributed by atoms with E-state index in [0.29, 0.717) is 15.9 Å². The molecule has 0 N–H and O–H groups in total. The lowest BCUT2D eigenvalue weighted by atomic mass is 10.2. The maximum absolute atomic E-state index is 10.9. The van der Waals surface area contributed by atoms with Gasteiger partial charge in [0.05, 0.1) is 5.56 Å². The average molecular weight is 192 g/mol. The molecule has 0 aliphatic rings. The van der Waals surface area contributed by atoms with Crippen molar-refractivity contribution in [2.24, 2.45) is 7.05 Å². The van der Waals surface area contributed by atoms with Gasteiger partial charge in [-0.25, -0.2) is 0 Å². The van der Waals surface area contributed by atoms with Gasteiger partial charge in [-0.05, 0) is 13.0 Å². The number of hydrogen-bond acceptors (Lipinski definition) is 1. The van der Waals surface area contributed by atoms with E-state index in [-0.39, 0.29) is 5.78 Å². The van der Waals surface area contributed by atoms with E-state index < -0.39 is 0 Å². The van der Waals surface area contributed by atoms with E-state index in [9.17, 15) is 4.79 Å². The van der Waals surface area contributed by atoms with E-state index in [1.807, 2.05) is 0 Å². The monoisotopic (exact) mass is 191 g/mol. The molecule has 60 valence electrons. The predicted octanol–water partition coefficient (Wildman–Crippen LogP) is 2.53. The van der Waals surface area contributed by atoms with Crippen LogP contribution in [0.5, 0.6) is 0 Å². The minimum absolute atomic E-state index is 0.0718. The van der Waals surface area contributed by atoms with Crippen molar-refractivity contribution >= 4 is 29.0 Å². The number of carbonyl (C=O) groups excluding carboxylic acids is 1. The number of hydrogen-bond donors (Lipinski definition) is 0. The lowest BCUT2D eigenvalue weighted by Crippen LogP contribution is -1.92. The van der Waals surface area contributed by atoms with Crippen LogP contribution in [0.15, 0.2) is 6.07 Å². The first kappa shape index (κ1) is 8.62. The van der Waals surface area contributed by atoms with Gasteiger partial charge in [-0.3, -0.25) is 4.79 Å². The molecule has 0 spiro atoms. The van der Waals surface area contributed by atoms with Crippen LogP contribution in [-0.4, -0.2) is 10.4 Å². The summed E-state index contributed by atoms with van der Waals surface area (Å²) in [4.78, 5) is 10.9. The molecule has 1 aromatic heterocycles. The van der Waals surface area contributed by atoms with Crippen molar-refractivity contribution in [2.75, 3.05) is 0 Å². The molecule has 0 aromatic carbocycles. The van der Waals surface area contributed by atoms with Crippen molar-refractivity contribution in [3.63, 3.8) is 0 Å². The van der Waals surface area contributed by atoms with Crippen LogP contribution in [0, 0.1) is 0 Å². The molecule has 0 radical (unpaired) electrons. The highest BCUT2D eigenvalue weighted by molar-refractivity contribution is 6.36. The summed E-state index contributed by atoms with van der Waals surface area (Å²) in [5.41, 5.74) is 0.471. The Morgan fingerprint density at radius 1 is 1.55 bits per heavy atom. The Kier molecular flexibility index (Phi) is 2.25. The summed E-state index contributed by atoms with van der Waals surface area (Å²) in [5.74, 6) is -0.0718. The van der Waals surface area contributed by atoms with Crippen molar-refractivity contribution < 1.29 is 4.79 Å². The van der Waals surface area contributed by atoms with Crippen LogP contribution in [0.4, 0.5) is 0 Å². The third kappa shape index (κ3) is 1.42. The molecule has 0 saturated carbocycles. The van der Waals surface area contributed by atoms with Crippen molar-refractivity contribution in [3.05, 3.63) is 21.9 Å². The van der Waals surface area contributed by atoms with E-state index in [4.69, 9.17) is 23.2 Å². The van der Waals surface area contributed by atoms with Crippen molar-refractivity contribution in [3.8, 4) is 0 Å². The van der Waals surface area contributed by atoms with E-state index >= 15 is 0 Å². The summed E-state index contributed by atoms with van der Waals surface area (Å²) in [6.07, 6.45) is 0. The Morgan fingerprint density at radius 3 is 2.27 bits per heavy atom. The Morgan fingerprint density at radius 2 is 2.09 bits per heavy atom. The number of carbonyl (C=O) groups is 1. The molecule has 1 heterocycles. The standard InChI is InChI=1S/C7H7Cl2NO/c1-4(11)5-3-6(8)10(2)7(5)9/h3H,1-2H3. The third-order valence-electron chi connectivity index (χ3n) is 1.48. The Balaban J connectivity index is 3.29. The first-order chi connectivity index (χ1) is 5.04. The summed E-state index contributed by atoms with van der Waals surface area (Å²) in [6.45, 7) is 1.46. The first-order valence-electron chi connectivity index (χ1n) is 3.05. The number of ketones is 1. The molecule has 0 aliphatic carbocycles. The molecular formula is C7H7Cl2NO. The summed E-state index contributed by atoms with van der Waals surface area (Å²) in [6, 6.07) is 1.56. The highest BCUT2D eigenvalue weighted by Gasteiger charge is 2.11. The largest absolute Gasteiger partial charge is 0.325 e. The molecule has 0 bridgehead atoms. The summed E-state index contributed by atoms with van der Waals surface area (Å²) in [5, 5.41) is 0.864. The average Bonchev–Trinajstić information content (AvgIpc) is 2.17. The molecule has 1 aromatic rings. The van der Waals surface area contributed by atoms with Crippen molar-refractivity contribution in [2.45, 2.75) is 6.92 Å². The van der Waals surface area contributed by atoms with Gasteiger partial charge in [-0.15, -0.1) is 0 Å². The van der Waals surface area contributed by atoms with Gasteiger partial charge in [0.25, 0.3) is 0 Å². The van der Waals surface area contributed by atoms with Crippen molar-refractivity contribution in [1.29, 1.82) is 0 Å². The summed E-state index contributed by atoms with van der Waals surface area (Å²) >= 11 is 11.5. The first-order valence-corrected chi connectivity index (χ1v) is 3.81. The molecule has 1 rings (SSSR count). The van der Waals surface area contributed by atoms with Gasteiger partial charge in [0.2, 0.25) is 0 Å². The van der Waals surface area contributed by atoms with Gasteiger partial charge in [0.15, 0.2) is 5.78 Å². The molecule has 4 heteroatoms. The number of halogens is 2. The van der Waals surface area contributed by atoms with Crippen molar-refractivity contribution in [1.82, 2.24) is 4.57 Å². The Hall–Kier alpha value is -0.470. The normalized spacial score (nSPS) is 10.2. The fourth-order valence-electron chi connectivity index (χ4n) is 0.797. The van der Waals surface area contributed by atoms with Gasteiger partial charge >= 0.3 is 0 Å². The lowest BCUT2D eigenvalue weighted by molar-refractivity contribution is 0.101. The molecule has 0 fully saturated rings. The summed E-state index contributed by atoms with van der Waals surface area (Å²) < 4.78 is 1.56. The fraction of sp³-hybridized carbons (Fsp3) is 0.286. The third-order valence-corrected chi connectivity index (χ3v) is 2.30. The fourth-order valence-corrected chi connectivity index (χ4v) is 1.31. The maximum Gasteiger partial charge on any atom is 0.162 e. The Bertz CT molecular complexity index is 304. The van der Waals surface area contributed by atoms with Gasteiger partial charge in [-0.1, -0.05) is 23.2 Å².